The molecule has 208 valence electrons. The van der Waals surface area contributed by atoms with E-state index in [4.69, 9.17) is 20.5 Å². The molecule has 2 N–H and O–H groups in total. The first-order chi connectivity index (χ1) is 18.6. The molecular formula is C26H31ClN6O5S. The number of hydrogen-bond acceptors (Lipinski definition) is 11. The zero-order chi connectivity index (χ0) is 28.0. The van der Waals surface area contributed by atoms with Gasteiger partial charge in [-0.05, 0) is 31.2 Å². The summed E-state index contributed by atoms with van der Waals surface area (Å²) in [6, 6.07) is 13.0. The molecule has 0 unspecified atom stereocenters. The number of piperazine rings is 1. The van der Waals surface area contributed by atoms with Crippen molar-refractivity contribution in [1.29, 1.82) is 0 Å². The number of rotatable bonds is 11. The van der Waals surface area contributed by atoms with Gasteiger partial charge in [0.1, 0.15) is 10.8 Å². The van der Waals surface area contributed by atoms with Crippen LogP contribution in [0.25, 0.3) is 0 Å². The van der Waals surface area contributed by atoms with Crippen LogP contribution in [0.15, 0.2) is 48.7 Å². The summed E-state index contributed by atoms with van der Waals surface area (Å²) in [6.07, 6.45) is 2.54. The third kappa shape index (κ3) is 7.79. The molecule has 0 bridgehead atoms. The summed E-state index contributed by atoms with van der Waals surface area (Å²) in [6.45, 7) is 5.36. The van der Waals surface area contributed by atoms with Crippen LogP contribution in [0.1, 0.15) is 17.3 Å². The van der Waals surface area contributed by atoms with Crippen molar-refractivity contribution in [2.75, 3.05) is 68.2 Å². The van der Waals surface area contributed by atoms with Crippen LogP contribution in [0.3, 0.4) is 0 Å². The highest BCUT2D eigenvalue weighted by Crippen LogP contribution is 2.33. The Kier molecular flexibility index (Phi) is 9.23. The number of anilines is 5. The van der Waals surface area contributed by atoms with Gasteiger partial charge in [-0.2, -0.15) is 13.4 Å². The molecule has 2 aromatic carbocycles. The van der Waals surface area contributed by atoms with E-state index in [0.717, 1.165) is 38.1 Å². The third-order valence-electron chi connectivity index (χ3n) is 6.18. The minimum atomic E-state index is -3.43. The van der Waals surface area contributed by atoms with Crippen LogP contribution in [0, 0.1) is 0 Å². The summed E-state index contributed by atoms with van der Waals surface area (Å²) >= 11 is 6.34. The summed E-state index contributed by atoms with van der Waals surface area (Å²) in [5.74, 6) is 1.21. The Morgan fingerprint density at radius 3 is 2.51 bits per heavy atom. The highest BCUT2D eigenvalue weighted by Gasteiger charge is 2.19. The minimum absolute atomic E-state index is 0.0752. The maximum Gasteiger partial charge on any atom is 0.264 e. The quantitative estimate of drug-likeness (QED) is 0.255. The lowest BCUT2D eigenvalue weighted by molar-refractivity contribution is 0.101. The number of carbonyl (C=O) groups is 1. The third-order valence-corrected chi connectivity index (χ3v) is 7.05. The van der Waals surface area contributed by atoms with Crippen molar-refractivity contribution in [3.63, 3.8) is 0 Å². The van der Waals surface area contributed by atoms with Crippen molar-refractivity contribution in [2.24, 2.45) is 0 Å². The Morgan fingerprint density at radius 2 is 1.82 bits per heavy atom. The van der Waals surface area contributed by atoms with Gasteiger partial charge in [-0.15, -0.1) is 0 Å². The molecule has 3 aromatic rings. The lowest BCUT2D eigenvalue weighted by Gasteiger charge is -2.36. The molecule has 2 heterocycles. The van der Waals surface area contributed by atoms with Gasteiger partial charge in [-0.3, -0.25) is 13.9 Å². The molecule has 0 saturated carbocycles. The molecule has 0 aliphatic carbocycles. The average Bonchev–Trinajstić information content (AvgIpc) is 2.90. The van der Waals surface area contributed by atoms with E-state index in [-0.39, 0.29) is 12.4 Å². The van der Waals surface area contributed by atoms with Crippen LogP contribution in [-0.4, -0.2) is 81.8 Å². The summed E-state index contributed by atoms with van der Waals surface area (Å²) in [7, 11) is -1.83. The number of aromatic nitrogens is 2. The number of ether oxygens (including phenoxy) is 1. The van der Waals surface area contributed by atoms with Crippen LogP contribution in [0.5, 0.6) is 5.75 Å². The van der Waals surface area contributed by atoms with Gasteiger partial charge in [-0.1, -0.05) is 23.7 Å². The molecule has 4 rings (SSSR count). The zero-order valence-corrected chi connectivity index (χ0v) is 23.6. The first kappa shape index (κ1) is 28.6. The van der Waals surface area contributed by atoms with Crippen LogP contribution < -0.4 is 20.3 Å². The van der Waals surface area contributed by atoms with Crippen molar-refractivity contribution >= 4 is 56.3 Å². The average molecular weight is 575 g/mol. The van der Waals surface area contributed by atoms with Gasteiger partial charge in [0.2, 0.25) is 5.95 Å². The van der Waals surface area contributed by atoms with Crippen LogP contribution in [-0.2, 0) is 14.3 Å². The fraction of sp³-hybridized carbons (Fsp3) is 0.346. The molecule has 1 saturated heterocycles. The highest BCUT2D eigenvalue weighted by molar-refractivity contribution is 7.85. The predicted octanol–water partition coefficient (Wildman–Crippen LogP) is 3.93. The van der Waals surface area contributed by atoms with E-state index in [1.54, 1.807) is 25.3 Å². The molecule has 0 spiro atoms. The van der Waals surface area contributed by atoms with Gasteiger partial charge in [0.15, 0.2) is 11.6 Å². The topological polar surface area (TPSA) is 126 Å². The molecule has 1 aliphatic heterocycles. The van der Waals surface area contributed by atoms with Crippen molar-refractivity contribution in [3.8, 4) is 5.75 Å². The van der Waals surface area contributed by atoms with Crippen LogP contribution >= 0.6 is 11.6 Å². The number of carbonyl (C=O) groups excluding carboxylic acids is 1. The molecule has 1 fully saturated rings. The molecule has 13 heteroatoms. The zero-order valence-electron chi connectivity index (χ0n) is 22.0. The van der Waals surface area contributed by atoms with Crippen LogP contribution in [0.2, 0.25) is 5.02 Å². The van der Waals surface area contributed by atoms with Gasteiger partial charge in [0, 0.05) is 50.0 Å². The number of nitrogens with one attached hydrogen (secondary N) is 2. The molecule has 0 atom stereocenters. The van der Waals surface area contributed by atoms with Crippen molar-refractivity contribution in [3.05, 3.63) is 59.2 Å². The summed E-state index contributed by atoms with van der Waals surface area (Å²) in [5, 5.41) is 6.62. The van der Waals surface area contributed by atoms with E-state index in [9.17, 15) is 13.2 Å². The summed E-state index contributed by atoms with van der Waals surface area (Å²) in [5.41, 5.74) is 2.81. The maximum absolute atomic E-state index is 12.0. The molecule has 39 heavy (non-hydrogen) atoms. The number of methoxy groups -OCH3 is 1. The minimum Gasteiger partial charge on any atom is -0.494 e. The first-order valence-corrected chi connectivity index (χ1v) is 14.5. The maximum atomic E-state index is 12.0. The standard InChI is InChI=1S/C26H31ClN6O5S/c1-18(34)20-6-4-5-7-22(20)29-25-21(27)17-28-26(31-25)30-23-9-8-19(16-24(23)37-2)33-12-10-32(11-13-33)14-15-38-39(3,35)36/h4-9,16-17H,10-15H2,1-3H3,(H2,28,29,30,31). The van der Waals surface area contributed by atoms with Gasteiger partial charge >= 0.3 is 0 Å². The second kappa shape index (κ2) is 12.6. The van der Waals surface area contributed by atoms with Gasteiger partial charge < -0.3 is 20.3 Å². The van der Waals surface area contributed by atoms with E-state index >= 15 is 0 Å². The number of hydrogen-bond donors (Lipinski definition) is 2. The van der Waals surface area contributed by atoms with E-state index < -0.39 is 10.1 Å². The van der Waals surface area contributed by atoms with E-state index in [2.05, 4.69) is 30.4 Å². The smallest absolute Gasteiger partial charge is 0.264 e. The molecule has 1 aromatic heterocycles. The molecule has 0 amide bonds. The molecule has 1 aliphatic rings. The molecular weight excluding hydrogens is 544 g/mol. The van der Waals surface area contributed by atoms with Crippen molar-refractivity contribution in [1.82, 2.24) is 14.9 Å². The fourth-order valence-corrected chi connectivity index (χ4v) is 4.71. The highest BCUT2D eigenvalue weighted by atomic mass is 35.5. The SMILES string of the molecule is COc1cc(N2CCN(CCOS(C)(=O)=O)CC2)ccc1Nc1ncc(Cl)c(Nc2ccccc2C(C)=O)n1. The number of Topliss-reactive ketones (excluding diaryl/α,β-unsaturated/α-hetero) is 1. The van der Waals surface area contributed by atoms with Crippen molar-refractivity contribution in [2.45, 2.75) is 6.92 Å². The summed E-state index contributed by atoms with van der Waals surface area (Å²) < 4.78 is 32.8. The largest absolute Gasteiger partial charge is 0.494 e. The first-order valence-electron chi connectivity index (χ1n) is 12.3. The normalized spacial score (nSPS) is 14.2. The molecule has 11 nitrogen and oxygen atoms in total. The lowest BCUT2D eigenvalue weighted by Crippen LogP contribution is -2.47. The Bertz CT molecular complexity index is 1430. The van der Waals surface area contributed by atoms with Gasteiger partial charge in [-0.25, -0.2) is 4.98 Å². The number of para-hydroxylation sites is 1. The Morgan fingerprint density at radius 1 is 1.08 bits per heavy atom. The number of ketones is 1. The van der Waals surface area contributed by atoms with Crippen LogP contribution in [0.4, 0.5) is 28.8 Å². The van der Waals surface area contributed by atoms with E-state index in [1.807, 2.05) is 24.3 Å². The van der Waals surface area contributed by atoms with Gasteiger partial charge in [0.05, 0.1) is 37.5 Å². The fourth-order valence-electron chi connectivity index (χ4n) is 4.19. The van der Waals surface area contributed by atoms with Gasteiger partial charge in [0.25, 0.3) is 10.1 Å². The summed E-state index contributed by atoms with van der Waals surface area (Å²) in [4.78, 5) is 25.2. The van der Waals surface area contributed by atoms with E-state index in [0.29, 0.717) is 46.0 Å². The lowest BCUT2D eigenvalue weighted by atomic mass is 10.1. The second-order valence-electron chi connectivity index (χ2n) is 8.98. The number of halogens is 1. The van der Waals surface area contributed by atoms with E-state index in [1.165, 1.54) is 13.1 Å². The number of nitrogens with zero attached hydrogens (tertiary/aromatic N) is 4. The monoisotopic (exact) mass is 574 g/mol. The second-order valence-corrected chi connectivity index (χ2v) is 11.0. The van der Waals surface area contributed by atoms with Crippen molar-refractivity contribution < 1.29 is 22.1 Å². The Labute approximate surface area is 233 Å². The Balaban J connectivity index is 1.42. The predicted molar refractivity (Wildman–Crippen MR) is 152 cm³/mol. The molecule has 0 radical (unpaired) electrons. The Hall–Kier alpha value is -3.45. The number of benzene rings is 2.